The molecule has 0 bridgehead atoms. The highest BCUT2D eigenvalue weighted by atomic mass is 32.2. The molecule has 1 aliphatic carbocycles. The fraction of sp³-hybridized carbons (Fsp3) is 0.350. The molecule has 5 heteroatoms. The molecule has 0 unspecified atom stereocenters. The molecular weight excluding hydrogens is 334 g/mol. The van der Waals surface area contributed by atoms with Crippen molar-refractivity contribution in [3.63, 3.8) is 0 Å². The summed E-state index contributed by atoms with van der Waals surface area (Å²) >= 11 is 0. The molecule has 0 radical (unpaired) electrons. The van der Waals surface area contributed by atoms with Gasteiger partial charge in [-0.1, -0.05) is 42.5 Å². The van der Waals surface area contributed by atoms with Crippen molar-refractivity contribution in [2.45, 2.75) is 30.6 Å². The molecular formula is C20H21NO3S. The van der Waals surface area contributed by atoms with Gasteiger partial charge in [0.05, 0.1) is 0 Å². The molecule has 1 heterocycles. The second kappa shape index (κ2) is 5.70. The van der Waals surface area contributed by atoms with Crippen molar-refractivity contribution in [1.29, 1.82) is 0 Å². The summed E-state index contributed by atoms with van der Waals surface area (Å²) in [7, 11) is -3.36. The van der Waals surface area contributed by atoms with Gasteiger partial charge in [-0.25, -0.2) is 8.42 Å². The van der Waals surface area contributed by atoms with Crippen molar-refractivity contribution >= 4 is 15.7 Å². The van der Waals surface area contributed by atoms with E-state index in [-0.39, 0.29) is 5.91 Å². The molecule has 130 valence electrons. The van der Waals surface area contributed by atoms with E-state index in [1.54, 1.807) is 4.90 Å². The van der Waals surface area contributed by atoms with E-state index in [4.69, 9.17) is 0 Å². The zero-order valence-electron chi connectivity index (χ0n) is 14.2. The number of carbonyl (C=O) groups excluding carboxylic acids is 1. The van der Waals surface area contributed by atoms with E-state index in [1.165, 1.54) is 11.8 Å². The van der Waals surface area contributed by atoms with Crippen LogP contribution in [-0.4, -0.2) is 36.8 Å². The predicted molar refractivity (Wildman–Crippen MR) is 97.8 cm³/mol. The van der Waals surface area contributed by atoms with Gasteiger partial charge in [0.2, 0.25) is 5.91 Å². The number of rotatable bonds is 3. The Morgan fingerprint density at radius 1 is 1.00 bits per heavy atom. The van der Waals surface area contributed by atoms with Gasteiger partial charge in [-0.15, -0.1) is 0 Å². The van der Waals surface area contributed by atoms with Gasteiger partial charge in [0.15, 0.2) is 14.6 Å². The second-order valence-corrected chi connectivity index (χ2v) is 9.42. The van der Waals surface area contributed by atoms with E-state index in [2.05, 4.69) is 30.3 Å². The summed E-state index contributed by atoms with van der Waals surface area (Å²) in [5.41, 5.74) is 4.62. The molecule has 1 saturated carbocycles. The Bertz CT molecular complexity index is 931. The van der Waals surface area contributed by atoms with E-state index in [0.717, 1.165) is 23.1 Å². The number of fused-ring (bicyclic) bond motifs is 1. The maximum Gasteiger partial charge on any atom is 0.244 e. The summed E-state index contributed by atoms with van der Waals surface area (Å²) in [6.45, 7) is 1.08. The van der Waals surface area contributed by atoms with Crippen molar-refractivity contribution in [3.8, 4) is 11.1 Å². The molecule has 4 nitrogen and oxygen atoms in total. The lowest BCUT2D eigenvalue weighted by molar-refractivity contribution is -0.132. The van der Waals surface area contributed by atoms with E-state index in [1.807, 2.05) is 18.2 Å². The van der Waals surface area contributed by atoms with E-state index >= 15 is 0 Å². The molecule has 0 aromatic heterocycles. The summed E-state index contributed by atoms with van der Waals surface area (Å²) < 4.78 is 22.9. The Morgan fingerprint density at radius 3 is 2.36 bits per heavy atom. The molecule has 0 spiro atoms. The normalized spacial score (nSPS) is 18.5. The van der Waals surface area contributed by atoms with Gasteiger partial charge in [0.25, 0.3) is 0 Å². The number of amides is 1. The fourth-order valence-corrected chi connectivity index (χ4v) is 4.98. The molecule has 0 atom stereocenters. The maximum absolute atomic E-state index is 12.8. The van der Waals surface area contributed by atoms with Crippen LogP contribution < -0.4 is 0 Å². The standard InChI is InChI=1S/C20H21NO3S/c1-25(23,24)20(10-11-20)19(22)21-12-9-16-7-8-17(13-18(16)14-21)15-5-3-2-4-6-15/h2-8,13H,9-12,14H2,1H3. The van der Waals surface area contributed by atoms with Crippen molar-refractivity contribution in [2.75, 3.05) is 12.8 Å². The average molecular weight is 355 g/mol. The van der Waals surface area contributed by atoms with Crippen LogP contribution >= 0.6 is 0 Å². The number of carbonyl (C=O) groups is 1. The van der Waals surface area contributed by atoms with Crippen LogP contribution in [-0.2, 0) is 27.6 Å². The number of sulfone groups is 1. The zero-order valence-corrected chi connectivity index (χ0v) is 15.1. The second-order valence-electron chi connectivity index (χ2n) is 7.09. The van der Waals surface area contributed by atoms with Crippen LogP contribution in [0.3, 0.4) is 0 Å². The molecule has 1 aliphatic heterocycles. The Balaban J connectivity index is 1.62. The Kier molecular flexibility index (Phi) is 3.72. The highest BCUT2D eigenvalue weighted by molar-refractivity contribution is 7.93. The number of benzene rings is 2. The molecule has 2 aromatic rings. The van der Waals surface area contributed by atoms with Crippen LogP contribution in [0.25, 0.3) is 11.1 Å². The van der Waals surface area contributed by atoms with Crippen molar-refractivity contribution < 1.29 is 13.2 Å². The number of nitrogens with zero attached hydrogens (tertiary/aromatic N) is 1. The lowest BCUT2D eigenvalue weighted by Gasteiger charge is -2.31. The van der Waals surface area contributed by atoms with Gasteiger partial charge in [-0.2, -0.15) is 0 Å². The first-order valence-electron chi connectivity index (χ1n) is 8.57. The quantitative estimate of drug-likeness (QED) is 0.851. The monoisotopic (exact) mass is 355 g/mol. The van der Waals surface area contributed by atoms with Crippen LogP contribution in [0.2, 0.25) is 0 Å². The molecule has 0 N–H and O–H groups in total. The molecule has 4 rings (SSSR count). The lowest BCUT2D eigenvalue weighted by atomic mass is 9.94. The van der Waals surface area contributed by atoms with Crippen LogP contribution in [0.5, 0.6) is 0 Å². The molecule has 25 heavy (non-hydrogen) atoms. The molecule has 0 saturated heterocycles. The lowest BCUT2D eigenvalue weighted by Crippen LogP contribution is -2.46. The van der Waals surface area contributed by atoms with Gasteiger partial charge in [0, 0.05) is 19.3 Å². The Morgan fingerprint density at radius 2 is 1.72 bits per heavy atom. The first kappa shape index (κ1) is 16.3. The third-order valence-electron chi connectivity index (χ3n) is 5.42. The van der Waals surface area contributed by atoms with Crippen LogP contribution in [0.4, 0.5) is 0 Å². The largest absolute Gasteiger partial charge is 0.337 e. The first-order valence-corrected chi connectivity index (χ1v) is 10.5. The van der Waals surface area contributed by atoms with Crippen LogP contribution in [0, 0.1) is 0 Å². The minimum atomic E-state index is -3.36. The van der Waals surface area contributed by atoms with E-state index in [0.29, 0.717) is 25.9 Å². The third kappa shape index (κ3) is 2.76. The fourth-order valence-electron chi connectivity index (χ4n) is 3.69. The average Bonchev–Trinajstić information content (AvgIpc) is 3.43. The predicted octanol–water partition coefficient (Wildman–Crippen LogP) is 2.82. The highest BCUT2D eigenvalue weighted by Gasteiger charge is 2.60. The smallest absolute Gasteiger partial charge is 0.244 e. The molecule has 2 aliphatic rings. The summed E-state index contributed by atoms with van der Waals surface area (Å²) in [4.78, 5) is 14.6. The van der Waals surface area contributed by atoms with Gasteiger partial charge in [-0.3, -0.25) is 4.79 Å². The molecule has 1 fully saturated rings. The summed E-state index contributed by atoms with van der Waals surface area (Å²) in [6, 6.07) is 16.5. The highest BCUT2D eigenvalue weighted by Crippen LogP contribution is 2.45. The summed E-state index contributed by atoms with van der Waals surface area (Å²) in [6.07, 6.45) is 2.87. The minimum Gasteiger partial charge on any atom is -0.337 e. The number of hydrogen-bond acceptors (Lipinski definition) is 3. The van der Waals surface area contributed by atoms with Gasteiger partial charge in [-0.05, 0) is 47.6 Å². The van der Waals surface area contributed by atoms with Gasteiger partial charge < -0.3 is 4.90 Å². The molecule has 2 aromatic carbocycles. The Hall–Kier alpha value is -2.14. The van der Waals surface area contributed by atoms with E-state index in [9.17, 15) is 13.2 Å². The SMILES string of the molecule is CS(=O)(=O)C1(C(=O)N2CCc3ccc(-c4ccccc4)cc3C2)CC1. The topological polar surface area (TPSA) is 54.5 Å². The van der Waals surface area contributed by atoms with E-state index < -0.39 is 14.6 Å². The van der Waals surface area contributed by atoms with Gasteiger partial charge >= 0.3 is 0 Å². The third-order valence-corrected chi connectivity index (χ3v) is 7.42. The zero-order chi connectivity index (χ0) is 17.7. The Labute approximate surface area is 148 Å². The maximum atomic E-state index is 12.8. The van der Waals surface area contributed by atoms with Gasteiger partial charge in [0.1, 0.15) is 0 Å². The first-order chi connectivity index (χ1) is 11.9. The number of hydrogen-bond donors (Lipinski definition) is 0. The van der Waals surface area contributed by atoms with Crippen molar-refractivity contribution in [2.24, 2.45) is 0 Å². The summed E-state index contributed by atoms with van der Waals surface area (Å²) in [5, 5.41) is 0. The summed E-state index contributed by atoms with van der Waals surface area (Å²) in [5.74, 6) is -0.217. The van der Waals surface area contributed by atoms with Crippen molar-refractivity contribution in [3.05, 3.63) is 59.7 Å². The van der Waals surface area contributed by atoms with Crippen LogP contribution in [0.15, 0.2) is 48.5 Å². The minimum absolute atomic E-state index is 0.217. The van der Waals surface area contributed by atoms with Crippen molar-refractivity contribution in [1.82, 2.24) is 4.90 Å². The van der Waals surface area contributed by atoms with Crippen LogP contribution in [0.1, 0.15) is 24.0 Å². The molecule has 1 amide bonds.